The molecule has 1 N–H and O–H groups in total. The lowest BCUT2D eigenvalue weighted by Gasteiger charge is -2.18. The fraction of sp³-hybridized carbons (Fsp3) is 0.0870. The highest BCUT2D eigenvalue weighted by Crippen LogP contribution is 2.35. The molecule has 1 heterocycles. The van der Waals surface area contributed by atoms with Gasteiger partial charge in [-0.1, -0.05) is 23.7 Å². The number of anilines is 3. The smallest absolute Gasteiger partial charge is 0.270 e. The maximum absolute atomic E-state index is 12.9. The van der Waals surface area contributed by atoms with Gasteiger partial charge in [-0.3, -0.25) is 24.5 Å². The number of imide groups is 1. The predicted molar refractivity (Wildman–Crippen MR) is 124 cm³/mol. The number of amides is 3. The monoisotopic (exact) mass is 464 g/mol. The summed E-state index contributed by atoms with van der Waals surface area (Å²) in [5, 5.41) is 13.9. The summed E-state index contributed by atoms with van der Waals surface area (Å²) in [5.41, 5.74) is 1.44. The first-order valence-corrected chi connectivity index (χ1v) is 10.1. The Labute approximate surface area is 193 Å². The Morgan fingerprint density at radius 3 is 2.18 bits per heavy atom. The minimum absolute atomic E-state index is 0.0779. The standard InChI is InChI=1S/C23H17ClN4O5/c1-26(2)19-10-8-14(28(32)33)12-17(19)21(29)25-13-7-9-20(18(24)11-13)27-22(30)15-5-3-4-6-16(15)23(27)31/h3-12H,1-2H3,(H,25,29). The van der Waals surface area contributed by atoms with Gasteiger partial charge in [-0.15, -0.1) is 0 Å². The molecule has 0 saturated heterocycles. The maximum atomic E-state index is 12.9. The van der Waals surface area contributed by atoms with Crippen LogP contribution in [0, 0.1) is 10.1 Å². The Balaban J connectivity index is 1.62. The summed E-state index contributed by atoms with van der Waals surface area (Å²) >= 11 is 6.37. The molecule has 0 saturated carbocycles. The third-order valence-electron chi connectivity index (χ3n) is 5.16. The van der Waals surface area contributed by atoms with E-state index in [4.69, 9.17) is 11.6 Å². The number of rotatable bonds is 5. The Bertz CT molecular complexity index is 1300. The van der Waals surface area contributed by atoms with Crippen LogP contribution in [0.5, 0.6) is 0 Å². The van der Waals surface area contributed by atoms with Crippen LogP contribution < -0.4 is 15.1 Å². The molecule has 0 radical (unpaired) electrons. The van der Waals surface area contributed by atoms with Gasteiger partial charge >= 0.3 is 0 Å². The van der Waals surface area contributed by atoms with E-state index in [9.17, 15) is 24.5 Å². The van der Waals surface area contributed by atoms with Gasteiger partial charge in [0.25, 0.3) is 23.4 Å². The number of nitrogens with one attached hydrogen (secondary N) is 1. The Hall–Kier alpha value is -4.24. The summed E-state index contributed by atoms with van der Waals surface area (Å²) in [6, 6.07) is 14.8. The van der Waals surface area contributed by atoms with Gasteiger partial charge in [-0.2, -0.15) is 0 Å². The van der Waals surface area contributed by atoms with Crippen molar-refractivity contribution in [1.29, 1.82) is 0 Å². The topological polar surface area (TPSA) is 113 Å². The van der Waals surface area contributed by atoms with E-state index in [0.717, 1.165) is 4.90 Å². The van der Waals surface area contributed by atoms with E-state index < -0.39 is 22.6 Å². The molecular formula is C23H17ClN4O5. The number of nitrogens with zero attached hydrogens (tertiary/aromatic N) is 3. The number of halogens is 1. The van der Waals surface area contributed by atoms with Crippen molar-refractivity contribution in [3.63, 3.8) is 0 Å². The molecule has 3 amide bonds. The summed E-state index contributed by atoms with van der Waals surface area (Å²) in [6.07, 6.45) is 0. The van der Waals surface area contributed by atoms with Crippen molar-refractivity contribution in [2.75, 3.05) is 29.2 Å². The van der Waals surface area contributed by atoms with E-state index in [1.54, 1.807) is 43.3 Å². The van der Waals surface area contributed by atoms with E-state index in [1.807, 2.05) is 0 Å². The Kier molecular flexibility index (Phi) is 5.57. The van der Waals surface area contributed by atoms with Gasteiger partial charge in [0.1, 0.15) is 0 Å². The lowest BCUT2D eigenvalue weighted by atomic mass is 10.1. The van der Waals surface area contributed by atoms with Crippen LogP contribution in [0.4, 0.5) is 22.7 Å². The van der Waals surface area contributed by atoms with Crippen molar-refractivity contribution in [1.82, 2.24) is 0 Å². The summed E-state index contributed by atoms with van der Waals surface area (Å²) < 4.78 is 0. The van der Waals surface area contributed by atoms with Crippen molar-refractivity contribution in [2.24, 2.45) is 0 Å². The first kappa shape index (κ1) is 22.0. The van der Waals surface area contributed by atoms with Gasteiger partial charge in [0, 0.05) is 37.6 Å². The van der Waals surface area contributed by atoms with Gasteiger partial charge in [0.2, 0.25) is 0 Å². The maximum Gasteiger partial charge on any atom is 0.270 e. The molecule has 3 aromatic rings. The third-order valence-corrected chi connectivity index (χ3v) is 5.46. The molecule has 33 heavy (non-hydrogen) atoms. The molecule has 3 aromatic carbocycles. The van der Waals surface area contributed by atoms with E-state index in [0.29, 0.717) is 11.4 Å². The molecule has 1 aliphatic rings. The fourth-order valence-corrected chi connectivity index (χ4v) is 3.85. The average Bonchev–Trinajstić information content (AvgIpc) is 3.04. The number of nitro benzene ring substituents is 1. The van der Waals surface area contributed by atoms with Gasteiger partial charge in [0.15, 0.2) is 0 Å². The van der Waals surface area contributed by atoms with E-state index >= 15 is 0 Å². The zero-order chi connectivity index (χ0) is 23.9. The Morgan fingerprint density at radius 1 is 1.00 bits per heavy atom. The second-order valence-corrected chi connectivity index (χ2v) is 7.87. The third kappa shape index (κ3) is 3.90. The zero-order valence-corrected chi connectivity index (χ0v) is 18.3. The number of fused-ring (bicyclic) bond motifs is 1. The number of benzene rings is 3. The lowest BCUT2D eigenvalue weighted by molar-refractivity contribution is -0.384. The number of carbonyl (C=O) groups is 3. The average molecular weight is 465 g/mol. The summed E-state index contributed by atoms with van der Waals surface area (Å²) in [4.78, 5) is 51.5. The molecule has 166 valence electrons. The summed E-state index contributed by atoms with van der Waals surface area (Å²) in [5.74, 6) is -1.55. The first-order valence-electron chi connectivity index (χ1n) is 9.73. The first-order chi connectivity index (χ1) is 15.7. The molecule has 0 bridgehead atoms. The zero-order valence-electron chi connectivity index (χ0n) is 17.5. The molecule has 1 aliphatic heterocycles. The minimum atomic E-state index is -0.579. The highest BCUT2D eigenvalue weighted by atomic mass is 35.5. The normalized spacial score (nSPS) is 12.5. The molecule has 9 nitrogen and oxygen atoms in total. The van der Waals surface area contributed by atoms with Gasteiger partial charge in [-0.05, 0) is 36.4 Å². The molecule has 0 unspecified atom stereocenters. The van der Waals surface area contributed by atoms with Gasteiger partial charge in [-0.25, -0.2) is 4.90 Å². The molecule has 0 fully saturated rings. The van der Waals surface area contributed by atoms with Crippen LogP contribution in [0.2, 0.25) is 5.02 Å². The van der Waals surface area contributed by atoms with E-state index in [-0.39, 0.29) is 33.1 Å². The van der Waals surface area contributed by atoms with Crippen LogP contribution in [0.1, 0.15) is 31.1 Å². The quantitative estimate of drug-likeness (QED) is 0.341. The molecule has 4 rings (SSSR count). The Morgan fingerprint density at radius 2 is 1.64 bits per heavy atom. The lowest BCUT2D eigenvalue weighted by Crippen LogP contribution is -2.29. The molecule has 0 aromatic heterocycles. The highest BCUT2D eigenvalue weighted by molar-refractivity contribution is 6.40. The van der Waals surface area contributed by atoms with E-state index in [2.05, 4.69) is 5.32 Å². The highest BCUT2D eigenvalue weighted by Gasteiger charge is 2.37. The van der Waals surface area contributed by atoms with Crippen LogP contribution in [0.3, 0.4) is 0 Å². The van der Waals surface area contributed by atoms with Gasteiger partial charge < -0.3 is 10.2 Å². The molecule has 10 heteroatoms. The number of carbonyl (C=O) groups excluding carboxylic acids is 3. The van der Waals surface area contributed by atoms with Crippen LogP contribution in [0.25, 0.3) is 0 Å². The fourth-order valence-electron chi connectivity index (χ4n) is 3.58. The molecule has 0 aliphatic carbocycles. The van der Waals surface area contributed by atoms with Crippen molar-refractivity contribution in [2.45, 2.75) is 0 Å². The largest absolute Gasteiger partial charge is 0.377 e. The number of nitro groups is 1. The number of hydrogen-bond donors (Lipinski definition) is 1. The molecule has 0 spiro atoms. The summed E-state index contributed by atoms with van der Waals surface area (Å²) in [6.45, 7) is 0. The summed E-state index contributed by atoms with van der Waals surface area (Å²) in [7, 11) is 3.43. The van der Waals surface area contributed by atoms with Gasteiger partial charge in [0.05, 0.1) is 32.3 Å². The molecule has 0 atom stereocenters. The van der Waals surface area contributed by atoms with Crippen molar-refractivity contribution in [3.8, 4) is 0 Å². The second-order valence-electron chi connectivity index (χ2n) is 7.46. The minimum Gasteiger partial charge on any atom is -0.377 e. The van der Waals surface area contributed by atoms with Crippen molar-refractivity contribution < 1.29 is 19.3 Å². The van der Waals surface area contributed by atoms with Crippen molar-refractivity contribution >= 4 is 52.1 Å². The SMILES string of the molecule is CN(C)c1ccc([N+](=O)[O-])cc1C(=O)Nc1ccc(N2C(=O)c3ccccc3C2=O)c(Cl)c1. The van der Waals surface area contributed by atoms with Crippen molar-refractivity contribution in [3.05, 3.63) is 92.5 Å². The van der Waals surface area contributed by atoms with Crippen LogP contribution in [-0.4, -0.2) is 36.7 Å². The van der Waals surface area contributed by atoms with E-state index in [1.165, 1.54) is 36.4 Å². The van der Waals surface area contributed by atoms with Crippen LogP contribution in [-0.2, 0) is 0 Å². The number of hydrogen-bond acceptors (Lipinski definition) is 6. The number of non-ortho nitro benzene ring substituents is 1. The second kappa shape index (κ2) is 8.36. The molecular weight excluding hydrogens is 448 g/mol. The predicted octanol–water partition coefficient (Wildman–Crippen LogP) is 4.37. The van der Waals surface area contributed by atoms with Crippen LogP contribution in [0.15, 0.2) is 60.7 Å². The van der Waals surface area contributed by atoms with Crippen LogP contribution >= 0.6 is 11.6 Å².